The molecule has 1 saturated heterocycles. The second-order valence-corrected chi connectivity index (χ2v) is 9.04. The number of cyclic esters (lactones) is 1. The number of halogens is 3. The topological polar surface area (TPSA) is 84.7 Å². The molecular formula is C28H28F3N3O3. The van der Waals surface area contributed by atoms with Gasteiger partial charge in [0, 0.05) is 37.6 Å². The van der Waals surface area contributed by atoms with Gasteiger partial charge in [-0.2, -0.15) is 0 Å². The average molecular weight is 512 g/mol. The lowest BCUT2D eigenvalue weighted by atomic mass is 9.85. The third-order valence-electron chi connectivity index (χ3n) is 6.78. The van der Waals surface area contributed by atoms with Crippen LogP contribution in [0.2, 0.25) is 0 Å². The highest BCUT2D eigenvalue weighted by Gasteiger charge is 2.43. The van der Waals surface area contributed by atoms with Crippen molar-refractivity contribution < 1.29 is 27.5 Å². The number of amides is 2. The molecule has 1 aliphatic heterocycles. The molecule has 3 N–H and O–H groups in total. The van der Waals surface area contributed by atoms with Gasteiger partial charge in [0.25, 0.3) is 0 Å². The fourth-order valence-corrected chi connectivity index (χ4v) is 4.62. The molecule has 4 rings (SSSR count). The summed E-state index contributed by atoms with van der Waals surface area (Å²) >= 11 is 0. The number of hydrogen-bond acceptors (Lipinski definition) is 4. The van der Waals surface area contributed by atoms with Crippen LogP contribution in [0.1, 0.15) is 36.9 Å². The van der Waals surface area contributed by atoms with E-state index >= 15 is 0 Å². The van der Waals surface area contributed by atoms with Gasteiger partial charge in [-0.05, 0) is 47.9 Å². The number of ether oxygens (including phenoxy) is 1. The van der Waals surface area contributed by atoms with Crippen molar-refractivity contribution >= 4 is 12.0 Å². The quantitative estimate of drug-likeness (QED) is 0.444. The molecule has 0 bridgehead atoms. The minimum Gasteiger partial charge on any atom is -0.438 e. The monoisotopic (exact) mass is 511 g/mol. The molecule has 0 aromatic heterocycles. The molecular weight excluding hydrogens is 483 g/mol. The van der Waals surface area contributed by atoms with E-state index < -0.39 is 29.1 Å². The predicted molar refractivity (Wildman–Crippen MR) is 133 cm³/mol. The van der Waals surface area contributed by atoms with Crippen LogP contribution < -0.4 is 11.1 Å². The molecule has 2 atom stereocenters. The van der Waals surface area contributed by atoms with Crippen LogP contribution in [0.25, 0.3) is 11.1 Å². The van der Waals surface area contributed by atoms with E-state index in [1.807, 2.05) is 6.92 Å². The third-order valence-corrected chi connectivity index (χ3v) is 6.78. The molecule has 1 aliphatic rings. The average Bonchev–Trinajstić information content (AvgIpc) is 2.89. The number of nitrogens with zero attached hydrogens (tertiary/aromatic N) is 1. The van der Waals surface area contributed by atoms with Crippen LogP contribution in [0.15, 0.2) is 66.7 Å². The molecule has 9 heteroatoms. The van der Waals surface area contributed by atoms with E-state index in [2.05, 4.69) is 5.32 Å². The molecule has 2 amide bonds. The smallest absolute Gasteiger partial charge is 0.411 e. The minimum absolute atomic E-state index is 0.152. The molecule has 3 aromatic rings. The summed E-state index contributed by atoms with van der Waals surface area (Å²) in [5.41, 5.74) is 6.64. The van der Waals surface area contributed by atoms with Crippen LogP contribution in [0.5, 0.6) is 0 Å². The Morgan fingerprint density at radius 3 is 2.35 bits per heavy atom. The number of rotatable bonds is 8. The van der Waals surface area contributed by atoms with Gasteiger partial charge in [0.1, 0.15) is 23.1 Å². The van der Waals surface area contributed by atoms with Crippen molar-refractivity contribution in [2.75, 3.05) is 19.6 Å². The lowest BCUT2D eigenvalue weighted by molar-refractivity contribution is -0.120. The van der Waals surface area contributed by atoms with Gasteiger partial charge in [-0.3, -0.25) is 4.79 Å². The van der Waals surface area contributed by atoms with Crippen molar-refractivity contribution in [3.8, 4) is 11.1 Å². The molecule has 6 nitrogen and oxygen atoms in total. The number of hydrogen-bond donors (Lipinski definition) is 2. The van der Waals surface area contributed by atoms with Crippen LogP contribution in [-0.4, -0.2) is 36.5 Å². The Hall–Kier alpha value is -3.85. The van der Waals surface area contributed by atoms with Crippen LogP contribution >= 0.6 is 0 Å². The molecule has 0 saturated carbocycles. The first-order valence-corrected chi connectivity index (χ1v) is 12.0. The van der Waals surface area contributed by atoms with E-state index in [-0.39, 0.29) is 30.6 Å². The second-order valence-electron chi connectivity index (χ2n) is 9.04. The Bertz CT molecular complexity index is 1270. The van der Waals surface area contributed by atoms with E-state index in [0.29, 0.717) is 30.5 Å². The van der Waals surface area contributed by atoms with E-state index in [9.17, 15) is 22.8 Å². The highest BCUT2D eigenvalue weighted by Crippen LogP contribution is 2.39. The maximum atomic E-state index is 14.2. The van der Waals surface area contributed by atoms with Crippen molar-refractivity contribution in [2.24, 2.45) is 5.73 Å². The zero-order valence-corrected chi connectivity index (χ0v) is 20.3. The Kier molecular flexibility index (Phi) is 7.83. The third kappa shape index (κ3) is 5.77. The Morgan fingerprint density at radius 1 is 1.05 bits per heavy atom. The molecule has 194 valence electrons. The Balaban J connectivity index is 1.51. The summed E-state index contributed by atoms with van der Waals surface area (Å²) in [5, 5.41) is 2.70. The SMILES string of the molecule is C[C@@H](c1ccc(-c2ccc(F)cc2F)cc1)N1CCC(CCNC(=O)CN)(c2ccc(F)cc2)OC1=O. The zero-order chi connectivity index (χ0) is 26.6. The number of carbonyl (C=O) groups excluding carboxylic acids is 2. The van der Waals surface area contributed by atoms with E-state index in [4.69, 9.17) is 10.5 Å². The lowest BCUT2D eigenvalue weighted by Gasteiger charge is -2.43. The van der Waals surface area contributed by atoms with Gasteiger partial charge < -0.3 is 20.7 Å². The highest BCUT2D eigenvalue weighted by atomic mass is 19.1. The van der Waals surface area contributed by atoms with Crippen molar-refractivity contribution in [1.29, 1.82) is 0 Å². The Morgan fingerprint density at radius 2 is 1.73 bits per heavy atom. The molecule has 1 heterocycles. The van der Waals surface area contributed by atoms with Crippen molar-refractivity contribution in [3.63, 3.8) is 0 Å². The molecule has 1 fully saturated rings. The summed E-state index contributed by atoms with van der Waals surface area (Å²) < 4.78 is 47.0. The summed E-state index contributed by atoms with van der Waals surface area (Å²) in [7, 11) is 0. The zero-order valence-electron chi connectivity index (χ0n) is 20.3. The minimum atomic E-state index is -1.03. The second kappa shape index (κ2) is 11.0. The van der Waals surface area contributed by atoms with Gasteiger partial charge in [-0.15, -0.1) is 0 Å². The standard InChI is InChI=1S/C28H28F3N3O3/c1-18(19-2-4-20(5-3-19)24-11-10-23(30)16-25(24)31)34-15-13-28(37-27(34)36,12-14-33-26(35)17-32)21-6-8-22(29)9-7-21/h2-11,16,18H,12-15,17,32H2,1H3,(H,33,35)/t18-,28?/m0/s1. The number of nitrogens with one attached hydrogen (secondary N) is 1. The normalized spacial score (nSPS) is 18.3. The van der Waals surface area contributed by atoms with Crippen molar-refractivity contribution in [2.45, 2.75) is 31.4 Å². The molecule has 1 unspecified atom stereocenters. The first kappa shape index (κ1) is 26.2. The maximum Gasteiger partial charge on any atom is 0.411 e. The molecule has 0 spiro atoms. The van der Waals surface area contributed by atoms with Gasteiger partial charge in [0.05, 0.1) is 12.6 Å². The van der Waals surface area contributed by atoms with Crippen LogP contribution in [0, 0.1) is 17.5 Å². The fraction of sp³-hybridized carbons (Fsp3) is 0.286. The first-order chi connectivity index (χ1) is 17.7. The summed E-state index contributed by atoms with van der Waals surface area (Å²) in [6.07, 6.45) is 0.185. The van der Waals surface area contributed by atoms with Gasteiger partial charge in [-0.25, -0.2) is 18.0 Å². The summed E-state index contributed by atoms with van der Waals surface area (Å²) in [4.78, 5) is 26.4. The van der Waals surface area contributed by atoms with Gasteiger partial charge >= 0.3 is 6.09 Å². The predicted octanol–water partition coefficient (Wildman–Crippen LogP) is 5.03. The highest BCUT2D eigenvalue weighted by molar-refractivity contribution is 5.77. The fourth-order valence-electron chi connectivity index (χ4n) is 4.62. The maximum absolute atomic E-state index is 14.2. The lowest BCUT2D eigenvalue weighted by Crippen LogP contribution is -2.50. The van der Waals surface area contributed by atoms with Gasteiger partial charge in [-0.1, -0.05) is 36.4 Å². The first-order valence-electron chi connectivity index (χ1n) is 12.0. The molecule has 0 aliphatic carbocycles. The Labute approximate surface area is 213 Å². The van der Waals surface area contributed by atoms with E-state index in [1.165, 1.54) is 24.3 Å². The molecule has 0 radical (unpaired) electrons. The molecule has 3 aromatic carbocycles. The van der Waals surface area contributed by atoms with E-state index in [1.54, 1.807) is 41.3 Å². The van der Waals surface area contributed by atoms with Gasteiger partial charge in [0.2, 0.25) is 5.91 Å². The van der Waals surface area contributed by atoms with Gasteiger partial charge in [0.15, 0.2) is 0 Å². The van der Waals surface area contributed by atoms with Crippen LogP contribution in [-0.2, 0) is 15.1 Å². The number of carbonyl (C=O) groups is 2. The van der Waals surface area contributed by atoms with Crippen molar-refractivity contribution in [1.82, 2.24) is 10.2 Å². The van der Waals surface area contributed by atoms with Crippen LogP contribution in [0.4, 0.5) is 18.0 Å². The summed E-state index contributed by atoms with van der Waals surface area (Å²) in [6, 6.07) is 15.9. The summed E-state index contributed by atoms with van der Waals surface area (Å²) in [6.45, 7) is 2.30. The van der Waals surface area contributed by atoms with Crippen LogP contribution in [0.3, 0.4) is 0 Å². The van der Waals surface area contributed by atoms with Crippen molar-refractivity contribution in [3.05, 3.63) is 95.3 Å². The number of nitrogens with two attached hydrogens (primary N) is 1. The largest absolute Gasteiger partial charge is 0.438 e. The number of benzene rings is 3. The molecule has 37 heavy (non-hydrogen) atoms. The summed E-state index contributed by atoms with van der Waals surface area (Å²) in [5.74, 6) is -2.03. The van der Waals surface area contributed by atoms with E-state index in [0.717, 1.165) is 11.6 Å².